The van der Waals surface area contributed by atoms with E-state index >= 15 is 0 Å². The zero-order chi connectivity index (χ0) is 27.8. The van der Waals surface area contributed by atoms with Gasteiger partial charge in [0.25, 0.3) is 0 Å². The van der Waals surface area contributed by atoms with E-state index in [-0.39, 0.29) is 28.0 Å². The van der Waals surface area contributed by atoms with E-state index in [1.165, 1.54) is 22.9 Å². The highest BCUT2D eigenvalue weighted by Crippen LogP contribution is 2.45. The summed E-state index contributed by atoms with van der Waals surface area (Å²) in [6.45, 7) is 4.39. The van der Waals surface area contributed by atoms with Crippen molar-refractivity contribution in [3.05, 3.63) is 80.8 Å². The summed E-state index contributed by atoms with van der Waals surface area (Å²) in [4.78, 5) is 26.4. The van der Waals surface area contributed by atoms with Crippen molar-refractivity contribution in [3.8, 4) is 17.2 Å². The number of anilines is 1. The maximum atomic E-state index is 13.7. The van der Waals surface area contributed by atoms with E-state index in [0.29, 0.717) is 44.2 Å². The Morgan fingerprint density at radius 1 is 1.10 bits per heavy atom. The third-order valence-corrected chi connectivity index (χ3v) is 10.0. The molecule has 5 rings (SSSR count). The van der Waals surface area contributed by atoms with Gasteiger partial charge in [-0.3, -0.25) is 19.1 Å². The van der Waals surface area contributed by atoms with Crippen molar-refractivity contribution in [1.82, 2.24) is 14.1 Å². The SMILES string of the molecule is CC1(COc2c(N3CCN([SH](C)(=O)Cc4cccc(O)c4[N+](=O)[O-])CC3)cnn(-c3ccccc3)c2=O)CC1. The third-order valence-electron chi connectivity index (χ3n) is 7.52. The van der Waals surface area contributed by atoms with Gasteiger partial charge in [-0.25, -0.2) is 4.31 Å². The first kappa shape index (κ1) is 26.8. The smallest absolute Gasteiger partial charge is 0.316 e. The minimum absolute atomic E-state index is 0.0284. The molecule has 2 aliphatic rings. The number of thiol groups is 1. The van der Waals surface area contributed by atoms with E-state index < -0.39 is 26.5 Å². The lowest BCUT2D eigenvalue weighted by Crippen LogP contribution is -2.51. The molecule has 11 nitrogen and oxygen atoms in total. The highest BCUT2D eigenvalue weighted by molar-refractivity contribution is 7.99. The summed E-state index contributed by atoms with van der Waals surface area (Å²) in [6, 6.07) is 13.5. The highest BCUT2D eigenvalue weighted by atomic mass is 32.3. The zero-order valence-corrected chi connectivity index (χ0v) is 22.9. The lowest BCUT2D eigenvalue weighted by Gasteiger charge is -2.41. The van der Waals surface area contributed by atoms with Crippen LogP contribution in [0.3, 0.4) is 0 Å². The summed E-state index contributed by atoms with van der Waals surface area (Å²) >= 11 is 0. The van der Waals surface area contributed by atoms with Crippen molar-refractivity contribution in [1.29, 1.82) is 0 Å². The van der Waals surface area contributed by atoms with Crippen LogP contribution in [0.1, 0.15) is 25.3 Å². The summed E-state index contributed by atoms with van der Waals surface area (Å²) in [5.74, 6) is -0.211. The fourth-order valence-corrected chi connectivity index (χ4v) is 6.95. The van der Waals surface area contributed by atoms with Crippen molar-refractivity contribution in [2.45, 2.75) is 25.5 Å². The summed E-state index contributed by atoms with van der Waals surface area (Å²) < 4.78 is 23.1. The number of phenols is 1. The van der Waals surface area contributed by atoms with E-state index in [4.69, 9.17) is 4.74 Å². The van der Waals surface area contributed by atoms with E-state index in [1.807, 2.05) is 39.5 Å². The van der Waals surface area contributed by atoms with Crippen molar-refractivity contribution in [2.24, 2.45) is 5.41 Å². The molecule has 1 aliphatic carbocycles. The Morgan fingerprint density at radius 3 is 2.44 bits per heavy atom. The number of aromatic nitrogens is 2. The van der Waals surface area contributed by atoms with Gasteiger partial charge in [-0.2, -0.15) is 9.78 Å². The highest BCUT2D eigenvalue weighted by Gasteiger charge is 2.39. The lowest BCUT2D eigenvalue weighted by molar-refractivity contribution is -0.386. The predicted molar refractivity (Wildman–Crippen MR) is 150 cm³/mol. The Kier molecular flexibility index (Phi) is 7.17. The molecule has 12 heteroatoms. The molecule has 2 heterocycles. The number of hydrogen-bond donors (Lipinski definition) is 2. The first-order chi connectivity index (χ1) is 18.6. The fraction of sp³-hybridized carbons (Fsp3) is 0.407. The molecule has 2 fully saturated rings. The number of para-hydroxylation sites is 2. The second-order valence-corrected chi connectivity index (χ2v) is 13.7. The van der Waals surface area contributed by atoms with Crippen LogP contribution in [0.15, 0.2) is 59.5 Å². The van der Waals surface area contributed by atoms with Gasteiger partial charge in [-0.1, -0.05) is 47.4 Å². The molecule has 1 saturated heterocycles. The molecule has 0 bridgehead atoms. The predicted octanol–water partition coefficient (Wildman–Crippen LogP) is 2.91. The first-order valence-electron chi connectivity index (χ1n) is 12.9. The maximum Gasteiger partial charge on any atom is 0.316 e. The zero-order valence-electron chi connectivity index (χ0n) is 22.0. The number of nitro benzene ring substituents is 1. The second-order valence-electron chi connectivity index (χ2n) is 10.7. The molecule has 1 aromatic heterocycles. The molecule has 208 valence electrons. The van der Waals surface area contributed by atoms with Crippen LogP contribution in [-0.2, 0) is 15.9 Å². The van der Waals surface area contributed by atoms with Crippen LogP contribution in [0.25, 0.3) is 5.69 Å². The van der Waals surface area contributed by atoms with Gasteiger partial charge in [0, 0.05) is 49.2 Å². The van der Waals surface area contributed by atoms with Crippen LogP contribution in [0.4, 0.5) is 11.4 Å². The van der Waals surface area contributed by atoms with Crippen LogP contribution in [-0.4, -0.2) is 67.4 Å². The Hall–Kier alpha value is -3.77. The Morgan fingerprint density at radius 2 is 1.79 bits per heavy atom. The molecular formula is C27H33N5O6S. The minimum atomic E-state index is -3.01. The van der Waals surface area contributed by atoms with E-state index in [9.17, 15) is 24.2 Å². The summed E-state index contributed by atoms with van der Waals surface area (Å²) in [5, 5.41) is 25.9. The molecule has 0 spiro atoms. The van der Waals surface area contributed by atoms with Gasteiger partial charge in [0.1, 0.15) is 5.69 Å². The molecule has 1 saturated carbocycles. The maximum absolute atomic E-state index is 13.7. The van der Waals surface area contributed by atoms with E-state index in [1.54, 1.807) is 12.5 Å². The normalized spacial score (nSPS) is 17.5. The number of phenolic OH excluding ortho intramolecular Hbond substituents is 1. The molecule has 1 N–H and O–H groups in total. The van der Waals surface area contributed by atoms with Gasteiger partial charge in [0.05, 0.1) is 23.4 Å². The van der Waals surface area contributed by atoms with Crippen LogP contribution in [0.5, 0.6) is 11.5 Å². The minimum Gasteiger partial charge on any atom is -0.502 e. The lowest BCUT2D eigenvalue weighted by atomic mass is 10.2. The van der Waals surface area contributed by atoms with Crippen LogP contribution < -0.4 is 15.2 Å². The van der Waals surface area contributed by atoms with Crippen LogP contribution >= 0.6 is 0 Å². The van der Waals surface area contributed by atoms with Crippen LogP contribution in [0, 0.1) is 15.5 Å². The van der Waals surface area contributed by atoms with Gasteiger partial charge in [-0.05, 0) is 31.0 Å². The standard InChI is InChI=1S/C27H33N5O6S/c1-27(11-12-27)19-38-25-22(17-28-31(26(25)34)21-8-4-3-5-9-21)29-13-15-30(16-14-29)39(2,37)18-20-7-6-10-23(33)24(20)32(35)36/h3-10,17,33,39H,11-16,18-19H2,1-2H3. The van der Waals surface area contributed by atoms with Gasteiger partial charge in [-0.15, -0.1) is 0 Å². The first-order valence-corrected chi connectivity index (χ1v) is 15.2. The largest absolute Gasteiger partial charge is 0.502 e. The molecule has 1 aliphatic heterocycles. The molecule has 3 aromatic rings. The third kappa shape index (κ3) is 5.66. The molecule has 39 heavy (non-hydrogen) atoms. The molecule has 0 atom stereocenters. The number of nitro groups is 1. The number of benzene rings is 2. The number of hydrogen-bond acceptors (Lipinski definition) is 8. The van der Waals surface area contributed by atoms with Crippen LogP contribution in [0.2, 0.25) is 0 Å². The quantitative estimate of drug-likeness (QED) is 0.234. The number of aromatic hydroxyl groups is 1. The Bertz CT molecular complexity index is 1480. The Balaban J connectivity index is 1.36. The topological polar surface area (TPSA) is 131 Å². The van der Waals surface area contributed by atoms with Crippen molar-refractivity contribution in [3.63, 3.8) is 0 Å². The van der Waals surface area contributed by atoms with Gasteiger partial charge in [0.2, 0.25) is 5.75 Å². The van der Waals surface area contributed by atoms with Gasteiger partial charge in [0.15, 0.2) is 5.75 Å². The van der Waals surface area contributed by atoms with Crippen molar-refractivity contribution >= 4 is 21.5 Å². The van der Waals surface area contributed by atoms with E-state index in [2.05, 4.69) is 12.0 Å². The second kappa shape index (κ2) is 10.4. The molecule has 0 amide bonds. The van der Waals surface area contributed by atoms with E-state index in [0.717, 1.165) is 12.8 Å². The monoisotopic (exact) mass is 555 g/mol. The molecule has 0 radical (unpaired) electrons. The number of nitrogens with zero attached hydrogens (tertiary/aromatic N) is 5. The summed E-state index contributed by atoms with van der Waals surface area (Å²) in [6.07, 6.45) is 5.38. The fourth-order valence-electron chi connectivity index (χ4n) is 4.84. The van der Waals surface area contributed by atoms with Gasteiger partial charge < -0.3 is 14.7 Å². The summed E-state index contributed by atoms with van der Waals surface area (Å²) in [7, 11) is -3.01. The molecular weight excluding hydrogens is 522 g/mol. The van der Waals surface area contributed by atoms with Gasteiger partial charge >= 0.3 is 11.2 Å². The average Bonchev–Trinajstić information content (AvgIpc) is 3.65. The molecule has 2 aromatic carbocycles. The number of piperazine rings is 1. The Labute approximate surface area is 227 Å². The van der Waals surface area contributed by atoms with Crippen molar-refractivity contribution in [2.75, 3.05) is 43.9 Å². The number of rotatable bonds is 9. The van der Waals surface area contributed by atoms with Crippen molar-refractivity contribution < 1.29 is 19.0 Å². The summed E-state index contributed by atoms with van der Waals surface area (Å²) in [5.41, 5.74) is 0.829. The average molecular weight is 556 g/mol. The number of ether oxygens (including phenoxy) is 1. The molecule has 0 unspecified atom stereocenters.